The number of ether oxygens (including phenoxy) is 6. The first-order chi connectivity index (χ1) is 25.4. The van der Waals surface area contributed by atoms with Gasteiger partial charge in [0.1, 0.15) is 23.7 Å². The second kappa shape index (κ2) is 17.1. The average Bonchev–Trinajstić information content (AvgIpc) is 3.45. The summed E-state index contributed by atoms with van der Waals surface area (Å²) < 4.78 is 38.6. The lowest BCUT2D eigenvalue weighted by atomic mass is 9.73. The van der Waals surface area contributed by atoms with E-state index in [4.69, 9.17) is 44.9 Å². The number of likely N-dealkylation sites (N-methyl/N-ethyl adjacent to an activating group) is 1. The number of Topliss-reactive ketones (excluding diaryl/α,β-unsaturated/α-hetero) is 1. The summed E-state index contributed by atoms with van der Waals surface area (Å²) in [6, 6.07) is 5.75. The van der Waals surface area contributed by atoms with Gasteiger partial charge in [0.15, 0.2) is 17.6 Å². The molecule has 0 aliphatic carbocycles. The normalized spacial score (nSPS) is 41.9. The number of ketones is 1. The number of cyclic esters (lactones) is 1. The highest BCUT2D eigenvalue weighted by atomic mass is 35.5. The summed E-state index contributed by atoms with van der Waals surface area (Å²) in [6.45, 7) is 14.3. The molecule has 15 heteroatoms. The number of nitrogens with one attached hydrogen (secondary N) is 1. The monoisotopic (exact) mass is 779 g/mol. The van der Waals surface area contributed by atoms with Crippen LogP contribution >= 0.6 is 11.6 Å². The third-order valence-electron chi connectivity index (χ3n) is 11.7. The standard InChI is InChI=1S/C39H58ClN3O11/c1-11-29-39(8)33(41-37(47)53-39)22(4)30(44)20(2)17-38(7)34(52-36-31(45)28(43(9)10)15-21(3)50-36)23(5)32(24(6)35(46)51-29)48-18-26(19-49-38)42-54-27-14-12-13-25(40)16-27/h12-14,16,20-24,28-29,31-34,36,45H,11,15,17-19H2,1-10H3,(H,41,47)/b42-26-/t20-,21-,22+,23+,24-,28+,29-,31-,32+,33-,34-,36+,38-,39-/m1/s1. The van der Waals surface area contributed by atoms with E-state index in [0.29, 0.717) is 29.3 Å². The van der Waals surface area contributed by atoms with Crippen LogP contribution in [0.25, 0.3) is 0 Å². The number of esters is 1. The molecule has 302 valence electrons. The third kappa shape index (κ3) is 8.90. The number of carbonyl (C=O) groups is 3. The van der Waals surface area contributed by atoms with E-state index in [9.17, 15) is 19.5 Å². The van der Waals surface area contributed by atoms with Crippen LogP contribution in [0.15, 0.2) is 29.4 Å². The summed E-state index contributed by atoms with van der Waals surface area (Å²) in [5.74, 6) is -3.17. The minimum Gasteiger partial charge on any atom is -0.458 e. The van der Waals surface area contributed by atoms with Crippen molar-refractivity contribution >= 4 is 35.2 Å². The maximum absolute atomic E-state index is 14.4. The first-order valence-corrected chi connectivity index (χ1v) is 19.4. The van der Waals surface area contributed by atoms with Crippen LogP contribution in [0.1, 0.15) is 74.7 Å². The Morgan fingerprint density at radius 2 is 1.80 bits per heavy atom. The van der Waals surface area contributed by atoms with Gasteiger partial charge in [0.2, 0.25) is 0 Å². The van der Waals surface area contributed by atoms with E-state index >= 15 is 0 Å². The summed E-state index contributed by atoms with van der Waals surface area (Å²) >= 11 is 6.19. The van der Waals surface area contributed by atoms with Crippen LogP contribution in [-0.4, -0.2) is 121 Å². The van der Waals surface area contributed by atoms with Crippen molar-refractivity contribution in [2.24, 2.45) is 28.8 Å². The highest BCUT2D eigenvalue weighted by Gasteiger charge is 2.57. The lowest BCUT2D eigenvalue weighted by molar-refractivity contribution is -0.302. The van der Waals surface area contributed by atoms with Gasteiger partial charge >= 0.3 is 12.1 Å². The molecule has 4 fully saturated rings. The van der Waals surface area contributed by atoms with Crippen LogP contribution < -0.4 is 10.2 Å². The Balaban J connectivity index is 1.62. The van der Waals surface area contributed by atoms with E-state index < -0.39 is 83.7 Å². The molecule has 1 aromatic rings. The number of hydrogen-bond donors (Lipinski definition) is 2. The van der Waals surface area contributed by atoms with Crippen LogP contribution in [0.2, 0.25) is 5.02 Å². The molecule has 4 saturated heterocycles. The SMILES string of the molecule is CC[C@H]1OC(=O)[C@H](C)[C@H]2OC/C(=N/Oc3cccc(Cl)c3)CO[C@](C)(C[C@@H](C)C(=O)[C@H](C)[C@H]3NC(=O)O[C@@]31C)[C@H](O[C@@H]1O[C@H](C)C[C@H](N(C)C)[C@H]1O)[C@H]2C. The smallest absolute Gasteiger partial charge is 0.408 e. The lowest BCUT2D eigenvalue weighted by Crippen LogP contribution is -2.60. The molecule has 4 aliphatic heterocycles. The molecule has 0 saturated carbocycles. The predicted octanol–water partition coefficient (Wildman–Crippen LogP) is 4.77. The quantitative estimate of drug-likeness (QED) is 0.301. The minimum absolute atomic E-state index is 0.0810. The molecule has 1 amide bonds. The van der Waals surface area contributed by atoms with Crippen molar-refractivity contribution in [2.45, 2.75) is 135 Å². The summed E-state index contributed by atoms with van der Waals surface area (Å²) in [5.41, 5.74) is -2.21. The fraction of sp³-hybridized carbons (Fsp3) is 0.744. The molecule has 2 N–H and O–H groups in total. The third-order valence-corrected chi connectivity index (χ3v) is 12.0. The van der Waals surface area contributed by atoms with E-state index in [1.54, 1.807) is 45.0 Å². The molecular formula is C39H58ClN3O11. The Kier molecular flexibility index (Phi) is 13.4. The summed E-state index contributed by atoms with van der Waals surface area (Å²) in [6.07, 6.45) is -4.59. The first-order valence-electron chi connectivity index (χ1n) is 19.0. The number of hydrogen-bond acceptors (Lipinski definition) is 13. The van der Waals surface area contributed by atoms with Gasteiger partial charge in [0, 0.05) is 34.9 Å². The van der Waals surface area contributed by atoms with E-state index in [2.05, 4.69) is 10.5 Å². The molecule has 14 nitrogen and oxygen atoms in total. The number of alkyl carbamates (subject to hydrolysis) is 1. The Morgan fingerprint density at radius 3 is 2.46 bits per heavy atom. The Bertz CT molecular complexity index is 1550. The molecule has 4 aliphatic rings. The highest BCUT2D eigenvalue weighted by molar-refractivity contribution is 6.30. The van der Waals surface area contributed by atoms with Crippen molar-refractivity contribution in [3.8, 4) is 5.75 Å². The van der Waals surface area contributed by atoms with Gasteiger partial charge in [-0.25, -0.2) is 4.79 Å². The van der Waals surface area contributed by atoms with Crippen molar-refractivity contribution in [1.82, 2.24) is 10.2 Å². The molecule has 0 aromatic heterocycles. The van der Waals surface area contributed by atoms with E-state index in [1.165, 1.54) is 0 Å². The molecule has 0 unspecified atom stereocenters. The van der Waals surface area contributed by atoms with Crippen molar-refractivity contribution in [3.05, 3.63) is 29.3 Å². The zero-order valence-corrected chi connectivity index (χ0v) is 33.8. The number of nitrogens with zero attached hydrogens (tertiary/aromatic N) is 2. The Hall–Kier alpha value is -2.85. The topological polar surface area (TPSA) is 164 Å². The van der Waals surface area contributed by atoms with E-state index in [0.717, 1.165) is 0 Å². The summed E-state index contributed by atoms with van der Waals surface area (Å²) in [7, 11) is 3.79. The first kappa shape index (κ1) is 42.3. The number of rotatable bonds is 6. The van der Waals surface area contributed by atoms with Crippen LogP contribution in [0.5, 0.6) is 5.75 Å². The van der Waals surface area contributed by atoms with Crippen LogP contribution in [0.3, 0.4) is 0 Å². The second-order valence-corrected chi connectivity index (χ2v) is 16.6. The number of aliphatic hydroxyl groups excluding tert-OH is 1. The molecular weight excluding hydrogens is 722 g/mol. The van der Waals surface area contributed by atoms with Gasteiger partial charge < -0.3 is 48.6 Å². The van der Waals surface area contributed by atoms with Crippen molar-refractivity contribution < 1.29 is 52.7 Å². The van der Waals surface area contributed by atoms with Gasteiger partial charge in [0.05, 0.1) is 49.1 Å². The molecule has 4 heterocycles. The van der Waals surface area contributed by atoms with Crippen LogP contribution in [-0.2, 0) is 38.0 Å². The zero-order valence-electron chi connectivity index (χ0n) is 33.1. The van der Waals surface area contributed by atoms with E-state index in [1.807, 2.05) is 53.6 Å². The molecule has 1 aromatic carbocycles. The molecule has 0 spiro atoms. The van der Waals surface area contributed by atoms with Gasteiger partial charge in [-0.05, 0) is 73.2 Å². The summed E-state index contributed by atoms with van der Waals surface area (Å²) in [4.78, 5) is 49.2. The van der Waals surface area contributed by atoms with Crippen LogP contribution in [0, 0.1) is 23.7 Å². The van der Waals surface area contributed by atoms with Gasteiger partial charge in [-0.1, -0.05) is 50.5 Å². The summed E-state index contributed by atoms with van der Waals surface area (Å²) in [5, 5.41) is 19.3. The zero-order chi connectivity index (χ0) is 39.7. The molecule has 5 rings (SSSR count). The van der Waals surface area contributed by atoms with E-state index in [-0.39, 0.29) is 37.6 Å². The average molecular weight is 780 g/mol. The maximum Gasteiger partial charge on any atom is 0.408 e. The lowest BCUT2D eigenvalue weighted by Gasteiger charge is -2.48. The van der Waals surface area contributed by atoms with Gasteiger partial charge in [-0.15, -0.1) is 0 Å². The van der Waals surface area contributed by atoms with Crippen molar-refractivity contribution in [1.29, 1.82) is 0 Å². The maximum atomic E-state index is 14.4. The predicted molar refractivity (Wildman–Crippen MR) is 199 cm³/mol. The van der Waals surface area contributed by atoms with Gasteiger partial charge in [0.25, 0.3) is 0 Å². The van der Waals surface area contributed by atoms with Crippen molar-refractivity contribution in [3.63, 3.8) is 0 Å². The number of benzene rings is 1. The Morgan fingerprint density at radius 1 is 1.07 bits per heavy atom. The van der Waals surface area contributed by atoms with Crippen molar-refractivity contribution in [2.75, 3.05) is 27.3 Å². The molecule has 14 atom stereocenters. The fourth-order valence-corrected chi connectivity index (χ4v) is 8.92. The number of aliphatic hydroxyl groups is 1. The second-order valence-electron chi connectivity index (χ2n) is 16.2. The molecule has 0 radical (unpaired) electrons. The number of carbonyl (C=O) groups excluding carboxylic acids is 3. The Labute approximate surface area is 323 Å². The number of oxime groups is 1. The highest BCUT2D eigenvalue weighted by Crippen LogP contribution is 2.42. The molecule has 2 bridgehead atoms. The number of amides is 1. The minimum atomic E-state index is -1.33. The van der Waals surface area contributed by atoms with Gasteiger partial charge in [-0.2, -0.15) is 0 Å². The van der Waals surface area contributed by atoms with Gasteiger partial charge in [-0.3, -0.25) is 9.59 Å². The fourth-order valence-electron chi connectivity index (χ4n) is 8.74. The van der Waals surface area contributed by atoms with Crippen LogP contribution in [0.4, 0.5) is 4.79 Å². The largest absolute Gasteiger partial charge is 0.458 e. The number of halogens is 1. The molecule has 54 heavy (non-hydrogen) atoms. The number of fused-ring (bicyclic) bond motifs is 4.